The van der Waals surface area contributed by atoms with Gasteiger partial charge in [-0.2, -0.15) is 0 Å². The molecule has 4 rings (SSSR count). The SMILES string of the molecule is CC(C)NC(=O)c1c[nH]c2ncc(C(=N)c3ccc(Cl)cc3NCCN3CCOCC3)nc12. The minimum absolute atomic E-state index is 0.00273. The molecule has 33 heavy (non-hydrogen) atoms. The Morgan fingerprint density at radius 3 is 2.85 bits per heavy atom. The first-order valence-corrected chi connectivity index (χ1v) is 11.4. The second kappa shape index (κ2) is 10.3. The Balaban J connectivity index is 1.56. The number of halogens is 1. The second-order valence-electron chi connectivity index (χ2n) is 8.23. The highest BCUT2D eigenvalue weighted by Crippen LogP contribution is 2.24. The molecule has 4 N–H and O–H groups in total. The summed E-state index contributed by atoms with van der Waals surface area (Å²) >= 11 is 6.24. The molecule has 0 unspecified atom stereocenters. The van der Waals surface area contributed by atoms with Crippen LogP contribution in [0.3, 0.4) is 0 Å². The number of nitrogens with zero attached hydrogens (tertiary/aromatic N) is 3. The molecule has 1 amide bonds. The molecule has 1 fully saturated rings. The van der Waals surface area contributed by atoms with Crippen molar-refractivity contribution >= 4 is 40.1 Å². The lowest BCUT2D eigenvalue weighted by Gasteiger charge is -2.26. The molecule has 0 atom stereocenters. The summed E-state index contributed by atoms with van der Waals surface area (Å²) in [5.74, 6) is -0.230. The van der Waals surface area contributed by atoms with Gasteiger partial charge in [-0.3, -0.25) is 15.1 Å². The number of rotatable bonds is 8. The Kier molecular flexibility index (Phi) is 7.22. The number of hydrogen-bond donors (Lipinski definition) is 4. The average Bonchev–Trinajstić information content (AvgIpc) is 3.22. The lowest BCUT2D eigenvalue weighted by atomic mass is 10.0. The largest absolute Gasteiger partial charge is 0.383 e. The maximum atomic E-state index is 12.5. The van der Waals surface area contributed by atoms with Crippen LogP contribution in [0.2, 0.25) is 5.02 Å². The fourth-order valence-corrected chi connectivity index (χ4v) is 3.89. The van der Waals surface area contributed by atoms with Crippen molar-refractivity contribution in [2.75, 3.05) is 44.7 Å². The van der Waals surface area contributed by atoms with Crippen molar-refractivity contribution in [3.63, 3.8) is 0 Å². The highest BCUT2D eigenvalue weighted by atomic mass is 35.5. The van der Waals surface area contributed by atoms with Crippen LogP contribution in [-0.4, -0.2) is 76.9 Å². The molecule has 0 saturated carbocycles. The monoisotopic (exact) mass is 469 g/mol. The lowest BCUT2D eigenvalue weighted by molar-refractivity contribution is 0.0398. The predicted molar refractivity (Wildman–Crippen MR) is 130 cm³/mol. The van der Waals surface area contributed by atoms with Crippen molar-refractivity contribution < 1.29 is 9.53 Å². The van der Waals surface area contributed by atoms with Crippen LogP contribution in [0.25, 0.3) is 11.2 Å². The summed E-state index contributed by atoms with van der Waals surface area (Å²) in [5.41, 5.74) is 3.34. The summed E-state index contributed by atoms with van der Waals surface area (Å²) < 4.78 is 5.40. The fourth-order valence-electron chi connectivity index (χ4n) is 3.72. The van der Waals surface area contributed by atoms with Gasteiger partial charge in [-0.05, 0) is 32.0 Å². The smallest absolute Gasteiger partial charge is 0.255 e. The molecule has 1 aliphatic rings. The zero-order valence-corrected chi connectivity index (χ0v) is 19.5. The summed E-state index contributed by atoms with van der Waals surface area (Å²) in [6.07, 6.45) is 3.13. The molecule has 1 aliphatic heterocycles. The summed E-state index contributed by atoms with van der Waals surface area (Å²) in [7, 11) is 0. The first-order valence-electron chi connectivity index (χ1n) is 11.0. The van der Waals surface area contributed by atoms with E-state index in [4.69, 9.17) is 21.7 Å². The van der Waals surface area contributed by atoms with Gasteiger partial charge in [0.15, 0.2) is 5.65 Å². The van der Waals surface area contributed by atoms with E-state index in [-0.39, 0.29) is 17.7 Å². The molecule has 174 valence electrons. The van der Waals surface area contributed by atoms with Gasteiger partial charge in [0.25, 0.3) is 5.91 Å². The van der Waals surface area contributed by atoms with Crippen LogP contribution >= 0.6 is 11.6 Å². The van der Waals surface area contributed by atoms with E-state index in [0.717, 1.165) is 38.5 Å². The van der Waals surface area contributed by atoms with E-state index < -0.39 is 0 Å². The number of amides is 1. The maximum Gasteiger partial charge on any atom is 0.255 e. The average molecular weight is 470 g/mol. The minimum atomic E-state index is -0.230. The third-order valence-electron chi connectivity index (χ3n) is 5.40. The van der Waals surface area contributed by atoms with Crippen LogP contribution in [0, 0.1) is 5.41 Å². The van der Waals surface area contributed by atoms with Gasteiger partial charge in [-0.25, -0.2) is 9.97 Å². The van der Waals surface area contributed by atoms with E-state index in [1.165, 1.54) is 6.20 Å². The molecule has 9 nitrogen and oxygen atoms in total. The van der Waals surface area contributed by atoms with E-state index in [1.54, 1.807) is 18.3 Å². The number of benzene rings is 1. The first-order chi connectivity index (χ1) is 15.9. The van der Waals surface area contributed by atoms with E-state index in [1.807, 2.05) is 19.9 Å². The van der Waals surface area contributed by atoms with Crippen LogP contribution in [0.1, 0.15) is 35.5 Å². The first kappa shape index (κ1) is 23.2. The van der Waals surface area contributed by atoms with Gasteiger partial charge in [-0.15, -0.1) is 0 Å². The molecule has 0 radical (unpaired) electrons. The molecular formula is C23H28ClN7O2. The van der Waals surface area contributed by atoms with Crippen LogP contribution < -0.4 is 10.6 Å². The van der Waals surface area contributed by atoms with Gasteiger partial charge < -0.3 is 20.4 Å². The van der Waals surface area contributed by atoms with Crippen molar-refractivity contribution in [1.82, 2.24) is 25.2 Å². The molecule has 0 aliphatic carbocycles. The third-order valence-corrected chi connectivity index (χ3v) is 5.63. The molecule has 1 aromatic carbocycles. The predicted octanol–water partition coefficient (Wildman–Crippen LogP) is 2.91. The topological polar surface area (TPSA) is 119 Å². The number of H-pyrrole nitrogens is 1. The number of ether oxygens (including phenoxy) is 1. The van der Waals surface area contributed by atoms with Gasteiger partial charge >= 0.3 is 0 Å². The molecule has 3 aromatic rings. The Labute approximate surface area is 197 Å². The quantitative estimate of drug-likeness (QED) is 0.377. The number of anilines is 1. The fraction of sp³-hybridized carbons (Fsp3) is 0.391. The van der Waals surface area contributed by atoms with Crippen molar-refractivity contribution in [2.45, 2.75) is 19.9 Å². The van der Waals surface area contributed by atoms with Gasteiger partial charge in [0.1, 0.15) is 11.2 Å². The molecular weight excluding hydrogens is 442 g/mol. The van der Waals surface area contributed by atoms with Crippen molar-refractivity contribution in [3.8, 4) is 0 Å². The van der Waals surface area contributed by atoms with Crippen LogP contribution in [-0.2, 0) is 4.74 Å². The van der Waals surface area contributed by atoms with E-state index in [9.17, 15) is 4.79 Å². The van der Waals surface area contributed by atoms with E-state index in [2.05, 4.69) is 30.5 Å². The van der Waals surface area contributed by atoms with Gasteiger partial charge in [-0.1, -0.05) is 11.6 Å². The summed E-state index contributed by atoms with van der Waals surface area (Å²) in [6.45, 7) is 8.71. The maximum absolute atomic E-state index is 12.5. The number of aromatic amines is 1. The Hall–Kier alpha value is -3.01. The number of nitrogens with one attached hydrogen (secondary N) is 4. The van der Waals surface area contributed by atoms with Crippen LogP contribution in [0.5, 0.6) is 0 Å². The number of carbonyl (C=O) groups excluding carboxylic acids is 1. The number of morpholine rings is 1. The van der Waals surface area contributed by atoms with Crippen molar-refractivity contribution in [3.05, 3.63) is 52.4 Å². The molecule has 2 aromatic heterocycles. The lowest BCUT2D eigenvalue weighted by Crippen LogP contribution is -2.39. The van der Waals surface area contributed by atoms with E-state index in [0.29, 0.717) is 39.6 Å². The highest BCUT2D eigenvalue weighted by Gasteiger charge is 2.19. The normalized spacial score (nSPS) is 14.5. The Morgan fingerprint density at radius 2 is 2.09 bits per heavy atom. The third kappa shape index (κ3) is 5.50. The van der Waals surface area contributed by atoms with Crippen molar-refractivity contribution in [2.24, 2.45) is 0 Å². The molecule has 10 heteroatoms. The summed E-state index contributed by atoms with van der Waals surface area (Å²) in [4.78, 5) is 26.8. The standard InChI is InChI=1S/C23H28ClN7O2/c1-14(2)29-23(32)17-12-27-22-21(17)30-19(13-28-22)20(25)16-4-3-15(24)11-18(16)26-5-6-31-7-9-33-10-8-31/h3-4,11-14,25-26H,5-10H2,1-2H3,(H,27,28)(H,29,32). The summed E-state index contributed by atoms with van der Waals surface area (Å²) in [6, 6.07) is 5.37. The zero-order chi connectivity index (χ0) is 23.4. The van der Waals surface area contributed by atoms with Crippen molar-refractivity contribution in [1.29, 1.82) is 5.41 Å². The Bertz CT molecular complexity index is 1150. The van der Waals surface area contributed by atoms with Crippen LogP contribution in [0.4, 0.5) is 5.69 Å². The van der Waals surface area contributed by atoms with E-state index >= 15 is 0 Å². The molecule has 0 spiro atoms. The van der Waals surface area contributed by atoms with Gasteiger partial charge in [0.2, 0.25) is 0 Å². The number of hydrogen-bond acceptors (Lipinski definition) is 7. The minimum Gasteiger partial charge on any atom is -0.383 e. The number of carbonyl (C=O) groups is 1. The zero-order valence-electron chi connectivity index (χ0n) is 18.7. The molecule has 0 bridgehead atoms. The Morgan fingerprint density at radius 1 is 1.30 bits per heavy atom. The van der Waals surface area contributed by atoms with Gasteiger partial charge in [0.05, 0.1) is 30.7 Å². The molecule has 1 saturated heterocycles. The number of fused-ring (bicyclic) bond motifs is 1. The number of aromatic nitrogens is 3. The van der Waals surface area contributed by atoms with Crippen LogP contribution in [0.15, 0.2) is 30.6 Å². The molecule has 3 heterocycles. The highest BCUT2D eigenvalue weighted by molar-refractivity contribution is 6.31. The second-order valence-corrected chi connectivity index (χ2v) is 8.67. The van der Waals surface area contributed by atoms with Gasteiger partial charge in [0, 0.05) is 54.7 Å². The summed E-state index contributed by atoms with van der Waals surface area (Å²) in [5, 5.41) is 15.7.